The molecule has 0 spiro atoms. The summed E-state index contributed by atoms with van der Waals surface area (Å²) in [4.78, 5) is 22.2. The Bertz CT molecular complexity index is 527. The van der Waals surface area contributed by atoms with Crippen LogP contribution in [0.25, 0.3) is 0 Å². The van der Waals surface area contributed by atoms with Gasteiger partial charge in [-0.2, -0.15) is 0 Å². The lowest BCUT2D eigenvalue weighted by Crippen LogP contribution is -2.44. The van der Waals surface area contributed by atoms with E-state index in [-0.39, 0.29) is 25.3 Å². The SMILES string of the molecule is CN(CC(=O)O)NC(=O)C[C@H](N)C[C@@H](O)CNCCc1ccccc1. The number of carboxylic acid groups (broad SMARTS) is 1. The molecule has 0 aliphatic carbocycles. The number of nitrogens with one attached hydrogen (secondary N) is 2. The van der Waals surface area contributed by atoms with Crippen molar-refractivity contribution in [3.63, 3.8) is 0 Å². The van der Waals surface area contributed by atoms with Crippen molar-refractivity contribution in [1.29, 1.82) is 0 Å². The molecule has 0 bridgehead atoms. The van der Waals surface area contributed by atoms with Gasteiger partial charge in [-0.05, 0) is 24.9 Å². The number of carbonyl (C=O) groups excluding carboxylic acids is 1. The highest BCUT2D eigenvalue weighted by Gasteiger charge is 2.16. The number of nitrogens with two attached hydrogens (primary N) is 1. The number of carboxylic acids is 1. The molecule has 2 atom stereocenters. The molecule has 140 valence electrons. The lowest BCUT2D eigenvalue weighted by molar-refractivity contribution is -0.139. The molecular formula is C17H28N4O4. The van der Waals surface area contributed by atoms with Gasteiger partial charge in [0, 0.05) is 26.1 Å². The Morgan fingerprint density at radius 3 is 2.60 bits per heavy atom. The number of benzene rings is 1. The van der Waals surface area contributed by atoms with Crippen LogP contribution in [0.4, 0.5) is 0 Å². The Morgan fingerprint density at radius 2 is 1.96 bits per heavy atom. The van der Waals surface area contributed by atoms with Gasteiger partial charge in [-0.25, -0.2) is 5.01 Å². The van der Waals surface area contributed by atoms with Gasteiger partial charge in [0.25, 0.3) is 0 Å². The van der Waals surface area contributed by atoms with Gasteiger partial charge in [-0.3, -0.25) is 15.0 Å². The summed E-state index contributed by atoms with van der Waals surface area (Å²) in [6, 6.07) is 9.55. The summed E-state index contributed by atoms with van der Waals surface area (Å²) < 4.78 is 0. The first kappa shape index (κ1) is 21.0. The summed E-state index contributed by atoms with van der Waals surface area (Å²) in [7, 11) is 1.46. The van der Waals surface area contributed by atoms with Crippen molar-refractivity contribution in [2.24, 2.45) is 5.73 Å². The van der Waals surface area contributed by atoms with Crippen molar-refractivity contribution in [3.8, 4) is 0 Å². The number of aliphatic carboxylic acids is 1. The first-order valence-corrected chi connectivity index (χ1v) is 8.27. The third kappa shape index (κ3) is 10.5. The predicted molar refractivity (Wildman–Crippen MR) is 94.6 cm³/mol. The van der Waals surface area contributed by atoms with Gasteiger partial charge in [0.15, 0.2) is 0 Å². The molecule has 0 saturated carbocycles. The Labute approximate surface area is 148 Å². The third-order valence-corrected chi connectivity index (χ3v) is 3.52. The van der Waals surface area contributed by atoms with Gasteiger partial charge in [0.05, 0.1) is 6.10 Å². The molecule has 1 amide bonds. The Hall–Kier alpha value is -2.00. The lowest BCUT2D eigenvalue weighted by Gasteiger charge is -2.19. The zero-order valence-electron chi connectivity index (χ0n) is 14.5. The molecule has 1 aromatic rings. The monoisotopic (exact) mass is 352 g/mol. The highest BCUT2D eigenvalue weighted by Crippen LogP contribution is 2.01. The van der Waals surface area contributed by atoms with E-state index in [4.69, 9.17) is 10.8 Å². The number of aliphatic hydroxyl groups is 1. The Balaban J connectivity index is 2.15. The van der Waals surface area contributed by atoms with Crippen molar-refractivity contribution >= 4 is 11.9 Å². The van der Waals surface area contributed by atoms with Crippen molar-refractivity contribution in [2.75, 3.05) is 26.7 Å². The molecule has 8 heteroatoms. The van der Waals surface area contributed by atoms with Crippen LogP contribution in [-0.4, -0.2) is 65.9 Å². The first-order valence-electron chi connectivity index (χ1n) is 8.27. The van der Waals surface area contributed by atoms with Gasteiger partial charge in [0.2, 0.25) is 5.91 Å². The molecule has 0 aromatic heterocycles. The normalized spacial score (nSPS) is 13.4. The zero-order chi connectivity index (χ0) is 18.7. The van der Waals surface area contributed by atoms with Crippen LogP contribution in [0.5, 0.6) is 0 Å². The number of rotatable bonds is 12. The fraction of sp³-hybridized carbons (Fsp3) is 0.529. The summed E-state index contributed by atoms with van der Waals surface area (Å²) in [6.07, 6.45) is 0.535. The lowest BCUT2D eigenvalue weighted by atomic mass is 10.1. The molecule has 0 saturated heterocycles. The summed E-state index contributed by atoms with van der Waals surface area (Å²) in [5.41, 5.74) is 9.51. The van der Waals surface area contributed by atoms with Crippen LogP contribution in [0.15, 0.2) is 30.3 Å². The van der Waals surface area contributed by atoms with Crippen LogP contribution in [0, 0.1) is 0 Å². The van der Waals surface area contributed by atoms with Crippen LogP contribution < -0.4 is 16.5 Å². The van der Waals surface area contributed by atoms with Crippen LogP contribution in [-0.2, 0) is 16.0 Å². The van der Waals surface area contributed by atoms with E-state index in [1.54, 1.807) is 0 Å². The summed E-state index contributed by atoms with van der Waals surface area (Å²) in [6.45, 7) is 0.854. The van der Waals surface area contributed by atoms with E-state index in [9.17, 15) is 14.7 Å². The Kier molecular flexibility index (Phi) is 9.71. The second kappa shape index (κ2) is 11.5. The minimum Gasteiger partial charge on any atom is -0.480 e. The topological polar surface area (TPSA) is 128 Å². The molecular weight excluding hydrogens is 324 g/mol. The summed E-state index contributed by atoms with van der Waals surface area (Å²) in [5.74, 6) is -1.41. The molecule has 6 N–H and O–H groups in total. The number of hydrazine groups is 1. The standard InChI is InChI=1S/C17H28N4O4/c1-21(12-17(24)25)20-16(23)10-14(18)9-15(22)11-19-8-7-13-5-3-2-4-6-13/h2-6,14-15,19,22H,7-12,18H2,1H3,(H,20,23)(H,24,25)/t14-,15-/m1/s1. The molecule has 8 nitrogen and oxygen atoms in total. The number of hydrogen-bond donors (Lipinski definition) is 5. The van der Waals surface area contributed by atoms with Gasteiger partial charge in [-0.1, -0.05) is 30.3 Å². The maximum absolute atomic E-state index is 11.7. The molecule has 0 heterocycles. The second-order valence-corrected chi connectivity index (χ2v) is 6.08. The highest BCUT2D eigenvalue weighted by atomic mass is 16.4. The van der Waals surface area contributed by atoms with Crippen molar-refractivity contribution in [2.45, 2.75) is 31.4 Å². The maximum Gasteiger partial charge on any atom is 0.319 e. The van der Waals surface area contributed by atoms with E-state index in [0.29, 0.717) is 6.54 Å². The van der Waals surface area contributed by atoms with Crippen molar-refractivity contribution in [1.82, 2.24) is 15.8 Å². The number of hydrogen-bond acceptors (Lipinski definition) is 6. The highest BCUT2D eigenvalue weighted by molar-refractivity contribution is 5.76. The minimum atomic E-state index is -1.04. The van der Waals surface area contributed by atoms with Crippen molar-refractivity contribution < 1.29 is 19.8 Å². The van der Waals surface area contributed by atoms with E-state index in [1.807, 2.05) is 30.3 Å². The first-order chi connectivity index (χ1) is 11.9. The third-order valence-electron chi connectivity index (χ3n) is 3.52. The minimum absolute atomic E-state index is 0.0189. The number of carbonyl (C=O) groups is 2. The van der Waals surface area contributed by atoms with Gasteiger partial charge < -0.3 is 21.3 Å². The second-order valence-electron chi connectivity index (χ2n) is 6.08. The van der Waals surface area contributed by atoms with E-state index < -0.39 is 18.1 Å². The van der Waals surface area contributed by atoms with E-state index >= 15 is 0 Å². The number of aliphatic hydroxyl groups excluding tert-OH is 1. The van der Waals surface area contributed by atoms with Crippen LogP contribution in [0.2, 0.25) is 0 Å². The number of likely N-dealkylation sites (N-methyl/N-ethyl adjacent to an activating group) is 1. The molecule has 0 aliphatic heterocycles. The molecule has 0 aliphatic rings. The summed E-state index contributed by atoms with van der Waals surface area (Å²) >= 11 is 0. The fourth-order valence-corrected chi connectivity index (χ4v) is 2.40. The number of nitrogens with zero attached hydrogens (tertiary/aromatic N) is 1. The largest absolute Gasteiger partial charge is 0.480 e. The van der Waals surface area contributed by atoms with Gasteiger partial charge >= 0.3 is 5.97 Å². The van der Waals surface area contributed by atoms with Crippen LogP contribution in [0.3, 0.4) is 0 Å². The quantitative estimate of drug-likeness (QED) is 0.249. The summed E-state index contributed by atoms with van der Waals surface area (Å²) in [5, 5.41) is 22.9. The number of amides is 1. The smallest absolute Gasteiger partial charge is 0.319 e. The molecule has 1 aromatic carbocycles. The molecule has 0 radical (unpaired) electrons. The fourth-order valence-electron chi connectivity index (χ4n) is 2.40. The molecule has 1 rings (SSSR count). The zero-order valence-corrected chi connectivity index (χ0v) is 14.5. The molecule has 0 fully saturated rings. The van der Waals surface area contributed by atoms with Gasteiger partial charge in [0.1, 0.15) is 6.54 Å². The molecule has 25 heavy (non-hydrogen) atoms. The maximum atomic E-state index is 11.7. The average Bonchev–Trinajstić information content (AvgIpc) is 2.51. The van der Waals surface area contributed by atoms with Crippen LogP contribution >= 0.6 is 0 Å². The van der Waals surface area contributed by atoms with Crippen LogP contribution in [0.1, 0.15) is 18.4 Å². The van der Waals surface area contributed by atoms with E-state index in [2.05, 4.69) is 10.7 Å². The van der Waals surface area contributed by atoms with Crippen molar-refractivity contribution in [3.05, 3.63) is 35.9 Å². The van der Waals surface area contributed by atoms with E-state index in [0.717, 1.165) is 13.0 Å². The molecule has 0 unspecified atom stereocenters. The van der Waals surface area contributed by atoms with E-state index in [1.165, 1.54) is 17.6 Å². The Morgan fingerprint density at radius 1 is 1.28 bits per heavy atom. The average molecular weight is 352 g/mol. The van der Waals surface area contributed by atoms with Gasteiger partial charge in [-0.15, -0.1) is 0 Å². The predicted octanol–water partition coefficient (Wildman–Crippen LogP) is -0.665.